The van der Waals surface area contributed by atoms with Crippen molar-refractivity contribution >= 4 is 5.97 Å². The van der Waals surface area contributed by atoms with Crippen LogP contribution in [0.1, 0.15) is 17.3 Å². The molecule has 3 nitrogen and oxygen atoms in total. The molecular formula is C10H9F3O3. The second kappa shape index (κ2) is 4.87. The highest BCUT2D eigenvalue weighted by atomic mass is 19.2. The average molecular weight is 234 g/mol. The van der Waals surface area contributed by atoms with E-state index in [1.807, 2.05) is 0 Å². The SMILES string of the molecule is CCOC(=O)c1cc(F)c(F)c(F)c1OC. The Morgan fingerprint density at radius 1 is 1.31 bits per heavy atom. The monoisotopic (exact) mass is 234 g/mol. The lowest BCUT2D eigenvalue weighted by Gasteiger charge is -2.09. The van der Waals surface area contributed by atoms with Gasteiger partial charge in [-0.3, -0.25) is 0 Å². The summed E-state index contributed by atoms with van der Waals surface area (Å²) in [6, 6.07) is 0.537. The van der Waals surface area contributed by atoms with E-state index in [-0.39, 0.29) is 6.61 Å². The second-order valence-electron chi connectivity index (χ2n) is 2.79. The summed E-state index contributed by atoms with van der Waals surface area (Å²) in [5, 5.41) is 0. The van der Waals surface area contributed by atoms with Crippen molar-refractivity contribution in [2.24, 2.45) is 0 Å². The van der Waals surface area contributed by atoms with E-state index >= 15 is 0 Å². The molecule has 0 aliphatic carbocycles. The van der Waals surface area contributed by atoms with Gasteiger partial charge in [0, 0.05) is 0 Å². The van der Waals surface area contributed by atoms with Gasteiger partial charge in [-0.2, -0.15) is 4.39 Å². The third-order valence-electron chi connectivity index (χ3n) is 1.82. The van der Waals surface area contributed by atoms with E-state index in [9.17, 15) is 18.0 Å². The van der Waals surface area contributed by atoms with Crippen molar-refractivity contribution in [1.82, 2.24) is 0 Å². The Kier molecular flexibility index (Phi) is 3.76. The highest BCUT2D eigenvalue weighted by Gasteiger charge is 2.24. The number of esters is 1. The van der Waals surface area contributed by atoms with Crippen LogP contribution >= 0.6 is 0 Å². The van der Waals surface area contributed by atoms with Gasteiger partial charge in [-0.1, -0.05) is 0 Å². The Bertz CT molecular complexity index is 418. The molecule has 0 bridgehead atoms. The van der Waals surface area contributed by atoms with E-state index in [4.69, 9.17) is 0 Å². The maximum Gasteiger partial charge on any atom is 0.342 e. The molecule has 6 heteroatoms. The number of hydrogen-bond donors (Lipinski definition) is 0. The highest BCUT2D eigenvalue weighted by molar-refractivity contribution is 5.92. The van der Waals surface area contributed by atoms with Crippen LogP contribution in [0.3, 0.4) is 0 Å². The van der Waals surface area contributed by atoms with E-state index < -0.39 is 34.7 Å². The Labute approximate surface area is 89.8 Å². The van der Waals surface area contributed by atoms with Crippen LogP contribution < -0.4 is 4.74 Å². The lowest BCUT2D eigenvalue weighted by Crippen LogP contribution is -2.10. The number of carbonyl (C=O) groups is 1. The molecule has 0 aliphatic rings. The summed E-state index contributed by atoms with van der Waals surface area (Å²) in [5.74, 6) is -6.36. The van der Waals surface area contributed by atoms with Gasteiger partial charge in [0.05, 0.1) is 13.7 Å². The molecule has 0 radical (unpaired) electrons. The average Bonchev–Trinajstić information content (AvgIpc) is 2.26. The highest BCUT2D eigenvalue weighted by Crippen LogP contribution is 2.27. The second-order valence-corrected chi connectivity index (χ2v) is 2.79. The zero-order chi connectivity index (χ0) is 12.3. The summed E-state index contributed by atoms with van der Waals surface area (Å²) in [7, 11) is 1.04. The van der Waals surface area contributed by atoms with Gasteiger partial charge in [-0.05, 0) is 13.0 Å². The van der Waals surface area contributed by atoms with E-state index in [1.165, 1.54) is 6.92 Å². The summed E-state index contributed by atoms with van der Waals surface area (Å²) in [4.78, 5) is 11.3. The van der Waals surface area contributed by atoms with Crippen molar-refractivity contribution in [3.8, 4) is 5.75 Å². The molecule has 1 aromatic rings. The molecule has 0 N–H and O–H groups in total. The third-order valence-corrected chi connectivity index (χ3v) is 1.82. The van der Waals surface area contributed by atoms with Crippen molar-refractivity contribution in [2.45, 2.75) is 6.92 Å². The largest absolute Gasteiger partial charge is 0.493 e. The molecule has 0 unspecified atom stereocenters. The Hall–Kier alpha value is -1.72. The summed E-state index contributed by atoms with van der Waals surface area (Å²) in [5.41, 5.74) is -0.485. The first kappa shape index (κ1) is 12.4. The number of rotatable bonds is 3. The zero-order valence-corrected chi connectivity index (χ0v) is 8.64. The van der Waals surface area contributed by atoms with Gasteiger partial charge < -0.3 is 9.47 Å². The molecule has 0 fully saturated rings. The van der Waals surface area contributed by atoms with Crippen molar-refractivity contribution in [3.63, 3.8) is 0 Å². The lowest BCUT2D eigenvalue weighted by molar-refractivity contribution is 0.0520. The van der Waals surface area contributed by atoms with Gasteiger partial charge in [0.1, 0.15) is 5.56 Å². The topological polar surface area (TPSA) is 35.5 Å². The van der Waals surface area contributed by atoms with Crippen molar-refractivity contribution in [2.75, 3.05) is 13.7 Å². The minimum Gasteiger partial charge on any atom is -0.493 e. The van der Waals surface area contributed by atoms with Crippen LogP contribution in [0.5, 0.6) is 5.75 Å². The van der Waals surface area contributed by atoms with Crippen LogP contribution in [-0.2, 0) is 4.74 Å². The van der Waals surface area contributed by atoms with Crippen LogP contribution in [0.25, 0.3) is 0 Å². The normalized spacial score (nSPS) is 10.1. The molecule has 0 atom stereocenters. The number of ether oxygens (including phenoxy) is 2. The molecule has 0 spiro atoms. The molecule has 0 amide bonds. The molecule has 0 heterocycles. The van der Waals surface area contributed by atoms with Crippen LogP contribution in [0.2, 0.25) is 0 Å². The van der Waals surface area contributed by atoms with Crippen molar-refractivity contribution < 1.29 is 27.4 Å². The quantitative estimate of drug-likeness (QED) is 0.594. The molecule has 1 aromatic carbocycles. The molecular weight excluding hydrogens is 225 g/mol. The van der Waals surface area contributed by atoms with Gasteiger partial charge in [-0.15, -0.1) is 0 Å². The molecule has 88 valence electrons. The maximum absolute atomic E-state index is 13.2. The van der Waals surface area contributed by atoms with E-state index in [1.54, 1.807) is 0 Å². The molecule has 0 aromatic heterocycles. The number of methoxy groups -OCH3 is 1. The number of halogens is 3. The fourth-order valence-electron chi connectivity index (χ4n) is 1.14. The smallest absolute Gasteiger partial charge is 0.342 e. The van der Waals surface area contributed by atoms with Gasteiger partial charge in [0.25, 0.3) is 0 Å². The molecule has 0 aliphatic heterocycles. The summed E-state index contributed by atoms with van der Waals surface area (Å²) < 4.78 is 47.9. The van der Waals surface area contributed by atoms with Crippen LogP contribution in [0.4, 0.5) is 13.2 Å². The van der Waals surface area contributed by atoms with Crippen LogP contribution in [0.15, 0.2) is 6.07 Å². The zero-order valence-electron chi connectivity index (χ0n) is 8.64. The summed E-state index contributed by atoms with van der Waals surface area (Å²) in [6.07, 6.45) is 0. The van der Waals surface area contributed by atoms with E-state index in [2.05, 4.69) is 9.47 Å². The number of carbonyl (C=O) groups excluding carboxylic acids is 1. The predicted molar refractivity (Wildman–Crippen MR) is 48.8 cm³/mol. The van der Waals surface area contributed by atoms with Crippen LogP contribution in [-0.4, -0.2) is 19.7 Å². The molecule has 0 saturated carbocycles. The summed E-state index contributed by atoms with van der Waals surface area (Å²) >= 11 is 0. The Balaban J connectivity index is 3.33. The van der Waals surface area contributed by atoms with E-state index in [0.29, 0.717) is 6.07 Å². The Morgan fingerprint density at radius 3 is 2.44 bits per heavy atom. The standard InChI is InChI=1S/C10H9F3O3/c1-3-16-10(14)5-4-6(11)7(12)8(13)9(5)15-2/h4H,3H2,1-2H3. The molecule has 0 saturated heterocycles. The van der Waals surface area contributed by atoms with Gasteiger partial charge >= 0.3 is 5.97 Å². The predicted octanol–water partition coefficient (Wildman–Crippen LogP) is 2.29. The molecule has 1 rings (SSSR count). The van der Waals surface area contributed by atoms with Crippen molar-refractivity contribution in [1.29, 1.82) is 0 Å². The first-order valence-corrected chi connectivity index (χ1v) is 4.41. The van der Waals surface area contributed by atoms with Gasteiger partial charge in [0.2, 0.25) is 5.82 Å². The van der Waals surface area contributed by atoms with Crippen LogP contribution in [0, 0.1) is 17.5 Å². The first-order chi connectivity index (χ1) is 7.52. The van der Waals surface area contributed by atoms with E-state index in [0.717, 1.165) is 7.11 Å². The molecule has 16 heavy (non-hydrogen) atoms. The number of hydrogen-bond acceptors (Lipinski definition) is 3. The fourth-order valence-corrected chi connectivity index (χ4v) is 1.14. The minimum atomic E-state index is -1.69. The minimum absolute atomic E-state index is 0.0304. The third kappa shape index (κ3) is 2.10. The Morgan fingerprint density at radius 2 is 1.94 bits per heavy atom. The summed E-state index contributed by atoms with van der Waals surface area (Å²) in [6.45, 7) is 1.56. The fraction of sp³-hybridized carbons (Fsp3) is 0.300. The first-order valence-electron chi connectivity index (χ1n) is 4.41. The lowest BCUT2D eigenvalue weighted by atomic mass is 10.2. The maximum atomic E-state index is 13.2. The van der Waals surface area contributed by atoms with Crippen molar-refractivity contribution in [3.05, 3.63) is 29.1 Å². The van der Waals surface area contributed by atoms with Gasteiger partial charge in [0.15, 0.2) is 17.4 Å². The van der Waals surface area contributed by atoms with Gasteiger partial charge in [-0.25, -0.2) is 13.6 Å². The number of benzene rings is 1.